The van der Waals surface area contributed by atoms with Crippen molar-refractivity contribution in [2.75, 3.05) is 6.61 Å². The fraction of sp³-hybridized carbons (Fsp3) is 0.500. The number of rotatable bonds is 4. The highest BCUT2D eigenvalue weighted by Crippen LogP contribution is 2.12. The number of aliphatic hydroxyl groups is 1. The number of thiophene rings is 1. The molecule has 0 atom stereocenters. The highest BCUT2D eigenvalue weighted by atomic mass is 32.1. The molecule has 0 saturated carbocycles. The lowest BCUT2D eigenvalue weighted by atomic mass is 10.0. The molecule has 1 amide bonds. The molecule has 0 unspecified atom stereocenters. The van der Waals surface area contributed by atoms with Gasteiger partial charge in [0.2, 0.25) is 0 Å². The highest BCUT2D eigenvalue weighted by molar-refractivity contribution is 7.12. The van der Waals surface area contributed by atoms with Gasteiger partial charge in [-0.1, -0.05) is 6.07 Å². The first-order chi connectivity index (χ1) is 6.55. The van der Waals surface area contributed by atoms with Crippen LogP contribution in [0.5, 0.6) is 0 Å². The molecule has 0 saturated heterocycles. The van der Waals surface area contributed by atoms with Crippen LogP contribution in [0.25, 0.3) is 0 Å². The molecule has 1 aromatic rings. The molecule has 0 aliphatic rings. The number of aliphatic hydroxyl groups excluding tert-OH is 1. The van der Waals surface area contributed by atoms with Gasteiger partial charge in [-0.3, -0.25) is 4.79 Å². The Balaban J connectivity index is 2.57. The van der Waals surface area contributed by atoms with Gasteiger partial charge in [-0.15, -0.1) is 11.3 Å². The Labute approximate surface area is 87.8 Å². The van der Waals surface area contributed by atoms with Crippen LogP contribution in [-0.2, 0) is 0 Å². The zero-order valence-electron chi connectivity index (χ0n) is 8.41. The highest BCUT2D eigenvalue weighted by Gasteiger charge is 2.20. The first-order valence-corrected chi connectivity index (χ1v) is 5.40. The van der Waals surface area contributed by atoms with E-state index in [9.17, 15) is 4.79 Å². The molecule has 0 aliphatic heterocycles. The van der Waals surface area contributed by atoms with E-state index in [1.807, 2.05) is 25.3 Å². The molecule has 78 valence electrons. The van der Waals surface area contributed by atoms with Crippen molar-refractivity contribution in [1.29, 1.82) is 0 Å². The summed E-state index contributed by atoms with van der Waals surface area (Å²) in [4.78, 5) is 12.3. The smallest absolute Gasteiger partial charge is 0.261 e. The molecule has 0 spiro atoms. The van der Waals surface area contributed by atoms with Crippen LogP contribution in [0.1, 0.15) is 29.9 Å². The van der Waals surface area contributed by atoms with Crippen molar-refractivity contribution < 1.29 is 9.90 Å². The van der Waals surface area contributed by atoms with Crippen LogP contribution < -0.4 is 5.32 Å². The van der Waals surface area contributed by atoms with Crippen LogP contribution in [0.2, 0.25) is 0 Å². The maximum absolute atomic E-state index is 11.6. The SMILES string of the molecule is CC(C)(CCO)NC(=O)c1cccs1. The molecular formula is C10H15NO2S. The van der Waals surface area contributed by atoms with Crippen LogP contribution in [0.3, 0.4) is 0 Å². The third-order valence-electron chi connectivity index (χ3n) is 1.93. The molecule has 3 nitrogen and oxygen atoms in total. The second-order valence-electron chi connectivity index (χ2n) is 3.79. The van der Waals surface area contributed by atoms with Gasteiger partial charge in [0.05, 0.1) is 4.88 Å². The topological polar surface area (TPSA) is 49.3 Å². The molecule has 2 N–H and O–H groups in total. The first kappa shape index (κ1) is 11.2. The van der Waals surface area contributed by atoms with Gasteiger partial charge in [-0.25, -0.2) is 0 Å². The van der Waals surface area contributed by atoms with Crippen LogP contribution in [0.15, 0.2) is 17.5 Å². The summed E-state index contributed by atoms with van der Waals surface area (Å²) in [6.07, 6.45) is 0.560. The van der Waals surface area contributed by atoms with Gasteiger partial charge in [-0.05, 0) is 31.7 Å². The molecule has 0 radical (unpaired) electrons. The molecule has 0 fully saturated rings. The van der Waals surface area contributed by atoms with E-state index in [-0.39, 0.29) is 18.1 Å². The Bertz CT molecular complexity index is 293. The zero-order chi connectivity index (χ0) is 10.6. The second kappa shape index (κ2) is 4.57. The van der Waals surface area contributed by atoms with E-state index in [1.54, 1.807) is 6.07 Å². The maximum atomic E-state index is 11.6. The number of hydrogen-bond donors (Lipinski definition) is 2. The lowest BCUT2D eigenvalue weighted by molar-refractivity contribution is 0.0904. The van der Waals surface area contributed by atoms with E-state index < -0.39 is 0 Å². The van der Waals surface area contributed by atoms with Gasteiger partial charge in [0.25, 0.3) is 5.91 Å². The number of hydrogen-bond acceptors (Lipinski definition) is 3. The molecule has 4 heteroatoms. The van der Waals surface area contributed by atoms with Crippen molar-refractivity contribution in [3.63, 3.8) is 0 Å². The molecule has 0 aliphatic carbocycles. The predicted molar refractivity (Wildman–Crippen MR) is 57.6 cm³/mol. The third kappa shape index (κ3) is 3.12. The molecule has 1 rings (SSSR count). The largest absolute Gasteiger partial charge is 0.396 e. The minimum Gasteiger partial charge on any atom is -0.396 e. The van der Waals surface area contributed by atoms with E-state index in [2.05, 4.69) is 5.32 Å². The zero-order valence-corrected chi connectivity index (χ0v) is 9.23. The van der Waals surface area contributed by atoms with Crippen LogP contribution in [0, 0.1) is 0 Å². The molecule has 1 aromatic heterocycles. The monoisotopic (exact) mass is 213 g/mol. The van der Waals surface area contributed by atoms with E-state index >= 15 is 0 Å². The average Bonchev–Trinajstić information content (AvgIpc) is 2.53. The van der Waals surface area contributed by atoms with Crippen LogP contribution >= 0.6 is 11.3 Å². The fourth-order valence-electron chi connectivity index (χ4n) is 1.12. The normalized spacial score (nSPS) is 11.4. The van der Waals surface area contributed by atoms with Gasteiger partial charge in [0.1, 0.15) is 0 Å². The maximum Gasteiger partial charge on any atom is 0.261 e. The number of amides is 1. The molecule has 1 heterocycles. The van der Waals surface area contributed by atoms with Crippen molar-refractivity contribution >= 4 is 17.2 Å². The summed E-state index contributed by atoms with van der Waals surface area (Å²) in [6.45, 7) is 3.88. The quantitative estimate of drug-likeness (QED) is 0.798. The average molecular weight is 213 g/mol. The summed E-state index contributed by atoms with van der Waals surface area (Å²) in [6, 6.07) is 3.63. The van der Waals surface area contributed by atoms with E-state index in [0.717, 1.165) is 0 Å². The summed E-state index contributed by atoms with van der Waals surface area (Å²) < 4.78 is 0. The fourth-order valence-corrected chi connectivity index (χ4v) is 1.74. The lowest BCUT2D eigenvalue weighted by Gasteiger charge is -2.24. The summed E-state index contributed by atoms with van der Waals surface area (Å²) in [5.74, 6) is -0.0709. The Hall–Kier alpha value is -0.870. The van der Waals surface area contributed by atoms with Gasteiger partial charge >= 0.3 is 0 Å². The van der Waals surface area contributed by atoms with Crippen LogP contribution in [-0.4, -0.2) is 23.2 Å². The van der Waals surface area contributed by atoms with Crippen molar-refractivity contribution in [2.24, 2.45) is 0 Å². The lowest BCUT2D eigenvalue weighted by Crippen LogP contribution is -2.43. The third-order valence-corrected chi connectivity index (χ3v) is 2.80. The van der Waals surface area contributed by atoms with Crippen molar-refractivity contribution in [1.82, 2.24) is 5.32 Å². The summed E-state index contributed by atoms with van der Waals surface area (Å²) in [7, 11) is 0. The Morgan fingerprint density at radius 1 is 1.64 bits per heavy atom. The number of nitrogens with one attached hydrogen (secondary N) is 1. The van der Waals surface area contributed by atoms with Gasteiger partial charge in [0, 0.05) is 12.1 Å². The molecular weight excluding hydrogens is 198 g/mol. The number of carbonyl (C=O) groups excluding carboxylic acids is 1. The van der Waals surface area contributed by atoms with E-state index in [4.69, 9.17) is 5.11 Å². The molecule has 0 bridgehead atoms. The standard InChI is InChI=1S/C10H15NO2S/c1-10(2,5-6-12)11-9(13)8-4-3-7-14-8/h3-4,7,12H,5-6H2,1-2H3,(H,11,13). The van der Waals surface area contributed by atoms with Crippen molar-refractivity contribution in [3.05, 3.63) is 22.4 Å². The van der Waals surface area contributed by atoms with E-state index in [1.165, 1.54) is 11.3 Å². The predicted octanol–water partition coefficient (Wildman–Crippen LogP) is 1.64. The summed E-state index contributed by atoms with van der Waals surface area (Å²) in [5, 5.41) is 13.5. The van der Waals surface area contributed by atoms with Crippen molar-refractivity contribution in [2.45, 2.75) is 25.8 Å². The Kier molecular flexibility index (Phi) is 3.66. The van der Waals surface area contributed by atoms with Gasteiger partial charge < -0.3 is 10.4 Å². The van der Waals surface area contributed by atoms with E-state index in [0.29, 0.717) is 11.3 Å². The Morgan fingerprint density at radius 3 is 2.86 bits per heavy atom. The van der Waals surface area contributed by atoms with Gasteiger partial charge in [-0.2, -0.15) is 0 Å². The minimum absolute atomic E-state index is 0.0709. The summed E-state index contributed by atoms with van der Waals surface area (Å²) in [5.41, 5.74) is -0.351. The minimum atomic E-state index is -0.351. The first-order valence-electron chi connectivity index (χ1n) is 4.52. The Morgan fingerprint density at radius 2 is 2.36 bits per heavy atom. The summed E-state index contributed by atoms with van der Waals surface area (Å²) >= 11 is 1.42. The van der Waals surface area contributed by atoms with Gasteiger partial charge in [0.15, 0.2) is 0 Å². The number of carbonyl (C=O) groups is 1. The van der Waals surface area contributed by atoms with Crippen LogP contribution in [0.4, 0.5) is 0 Å². The molecule has 14 heavy (non-hydrogen) atoms. The molecule has 0 aromatic carbocycles. The second-order valence-corrected chi connectivity index (χ2v) is 4.74. The van der Waals surface area contributed by atoms with Crippen molar-refractivity contribution in [3.8, 4) is 0 Å².